The van der Waals surface area contributed by atoms with Crippen LogP contribution in [-0.4, -0.2) is 45.0 Å². The number of fused-ring (bicyclic) bond motifs is 2. The molecule has 3 saturated heterocycles. The fourth-order valence-corrected chi connectivity index (χ4v) is 6.12. The van der Waals surface area contributed by atoms with Gasteiger partial charge in [0.25, 0.3) is 5.91 Å². The SMILES string of the molecule is Cc1cn2cc(NC(=O)c3ccc(N4C[C@@H]5CC[C@@H]6CC4N65)c4cc(C)oc34)cc(F)c2n1. The Morgan fingerprint density at radius 2 is 2.03 bits per heavy atom. The molecule has 8 heteroatoms. The number of aromatic nitrogens is 2. The number of amides is 1. The van der Waals surface area contributed by atoms with Crippen molar-refractivity contribution >= 4 is 33.9 Å². The maximum absolute atomic E-state index is 14.5. The van der Waals surface area contributed by atoms with Gasteiger partial charge in [0.1, 0.15) is 11.3 Å². The molecule has 168 valence electrons. The van der Waals surface area contributed by atoms with Crippen LogP contribution in [-0.2, 0) is 0 Å². The first-order valence-corrected chi connectivity index (χ1v) is 11.5. The zero-order valence-electron chi connectivity index (χ0n) is 18.5. The molecule has 1 amide bonds. The molecule has 0 bridgehead atoms. The highest BCUT2D eigenvalue weighted by Crippen LogP contribution is 2.48. The average Bonchev–Trinajstić information content (AvgIpc) is 3.44. The van der Waals surface area contributed by atoms with Crippen LogP contribution in [0.1, 0.15) is 41.1 Å². The van der Waals surface area contributed by atoms with Crippen molar-refractivity contribution in [2.45, 2.75) is 51.4 Å². The number of hydrogen-bond donors (Lipinski definition) is 1. The largest absolute Gasteiger partial charge is 0.460 e. The standard InChI is InChI=1S/C25H24FN5O2/c1-13-10-29-11-15(8-20(26)24(29)27-13)28-25(32)18-5-6-21(19-7-14(2)33-23(18)19)30-12-17-4-3-16-9-22(30)31(16)17/h5-8,10-11,16-17,22H,3-4,9,12H2,1-2H3,(H,28,32)/t16-,17+,22?/m1/s1. The molecule has 3 atom stereocenters. The van der Waals surface area contributed by atoms with Crippen LogP contribution >= 0.6 is 0 Å². The van der Waals surface area contributed by atoms with E-state index in [0.29, 0.717) is 34.7 Å². The molecule has 3 fully saturated rings. The van der Waals surface area contributed by atoms with Crippen LogP contribution in [0.4, 0.5) is 15.8 Å². The number of hydrogen-bond acceptors (Lipinski definition) is 5. The number of rotatable bonds is 3. The van der Waals surface area contributed by atoms with Crippen molar-refractivity contribution in [2.24, 2.45) is 0 Å². The number of pyridine rings is 1. The van der Waals surface area contributed by atoms with E-state index in [2.05, 4.69) is 20.1 Å². The minimum absolute atomic E-state index is 0.239. The van der Waals surface area contributed by atoms with Crippen molar-refractivity contribution in [2.75, 3.05) is 16.8 Å². The summed E-state index contributed by atoms with van der Waals surface area (Å²) in [5, 5.41) is 3.79. The van der Waals surface area contributed by atoms with Gasteiger partial charge in [-0.15, -0.1) is 0 Å². The number of benzene rings is 1. The first kappa shape index (κ1) is 19.1. The van der Waals surface area contributed by atoms with E-state index in [1.165, 1.54) is 25.3 Å². The Bertz CT molecular complexity index is 1460. The molecular weight excluding hydrogens is 421 g/mol. The molecule has 0 radical (unpaired) electrons. The zero-order valence-corrected chi connectivity index (χ0v) is 18.5. The summed E-state index contributed by atoms with van der Waals surface area (Å²) in [6.45, 7) is 4.73. The maximum atomic E-state index is 14.5. The molecule has 3 aliphatic rings. The van der Waals surface area contributed by atoms with Crippen molar-refractivity contribution in [1.82, 2.24) is 14.3 Å². The smallest absolute Gasteiger partial charge is 0.259 e. The topological polar surface area (TPSA) is 66.0 Å². The number of aryl methyl sites for hydroxylation is 2. The Morgan fingerprint density at radius 3 is 2.88 bits per heavy atom. The van der Waals surface area contributed by atoms with E-state index >= 15 is 0 Å². The highest BCUT2D eigenvalue weighted by atomic mass is 19.1. The molecule has 0 spiro atoms. The predicted molar refractivity (Wildman–Crippen MR) is 123 cm³/mol. The van der Waals surface area contributed by atoms with Crippen LogP contribution in [0.5, 0.6) is 0 Å². The summed E-state index contributed by atoms with van der Waals surface area (Å²) in [6.07, 6.45) is 7.64. The summed E-state index contributed by atoms with van der Waals surface area (Å²) >= 11 is 0. The number of nitrogens with one attached hydrogen (secondary N) is 1. The van der Waals surface area contributed by atoms with Gasteiger partial charge in [-0.25, -0.2) is 9.37 Å². The van der Waals surface area contributed by atoms with Crippen LogP contribution in [0.25, 0.3) is 16.6 Å². The van der Waals surface area contributed by atoms with Gasteiger partial charge >= 0.3 is 0 Å². The number of anilines is 2. The third kappa shape index (κ3) is 2.70. The van der Waals surface area contributed by atoms with E-state index in [1.807, 2.05) is 25.1 Å². The molecule has 3 aromatic heterocycles. The summed E-state index contributed by atoms with van der Waals surface area (Å²) in [5.41, 5.74) is 3.45. The quantitative estimate of drug-likeness (QED) is 0.504. The van der Waals surface area contributed by atoms with Gasteiger partial charge in [0.05, 0.1) is 23.1 Å². The highest BCUT2D eigenvalue weighted by Gasteiger charge is 2.54. The van der Waals surface area contributed by atoms with E-state index in [0.717, 1.165) is 29.4 Å². The second-order valence-electron chi connectivity index (χ2n) is 9.58. The maximum Gasteiger partial charge on any atom is 0.259 e. The van der Waals surface area contributed by atoms with Crippen LogP contribution in [0, 0.1) is 19.7 Å². The fraction of sp³-hybridized carbons (Fsp3) is 0.360. The third-order valence-electron chi connectivity index (χ3n) is 7.49. The first-order chi connectivity index (χ1) is 16.0. The minimum Gasteiger partial charge on any atom is -0.460 e. The molecule has 7 rings (SSSR count). The lowest BCUT2D eigenvalue weighted by molar-refractivity contribution is 0.0646. The van der Waals surface area contributed by atoms with Gasteiger partial charge in [-0.05, 0) is 51.3 Å². The Hall–Kier alpha value is -3.39. The van der Waals surface area contributed by atoms with Crippen LogP contribution in [0.2, 0.25) is 0 Å². The lowest BCUT2D eigenvalue weighted by atomic mass is 9.98. The Balaban J connectivity index is 1.24. The molecule has 7 nitrogen and oxygen atoms in total. The minimum atomic E-state index is -0.483. The lowest BCUT2D eigenvalue weighted by Crippen LogP contribution is -2.55. The summed E-state index contributed by atoms with van der Waals surface area (Å²) in [7, 11) is 0. The van der Waals surface area contributed by atoms with Gasteiger partial charge < -0.3 is 19.0 Å². The second-order valence-corrected chi connectivity index (χ2v) is 9.58. The van der Waals surface area contributed by atoms with E-state index in [9.17, 15) is 9.18 Å². The number of imidazole rings is 1. The molecule has 4 aromatic rings. The number of furan rings is 1. The van der Waals surface area contributed by atoms with Crippen molar-refractivity contribution in [3.05, 3.63) is 59.5 Å². The molecule has 0 saturated carbocycles. The van der Waals surface area contributed by atoms with E-state index in [1.54, 1.807) is 23.7 Å². The normalized spacial score (nSPS) is 24.0. The average molecular weight is 445 g/mol. The first-order valence-electron chi connectivity index (χ1n) is 11.5. The van der Waals surface area contributed by atoms with Gasteiger partial charge in [0, 0.05) is 48.2 Å². The van der Waals surface area contributed by atoms with Crippen molar-refractivity contribution in [1.29, 1.82) is 0 Å². The van der Waals surface area contributed by atoms with Gasteiger partial charge in [0.2, 0.25) is 0 Å². The zero-order chi connectivity index (χ0) is 22.4. The number of carbonyl (C=O) groups excluding carboxylic acids is 1. The van der Waals surface area contributed by atoms with E-state index in [4.69, 9.17) is 4.42 Å². The molecular formula is C25H24FN5O2. The Labute approximate surface area is 189 Å². The summed E-state index contributed by atoms with van der Waals surface area (Å²) in [5.74, 6) is -0.0510. The summed E-state index contributed by atoms with van der Waals surface area (Å²) < 4.78 is 22.1. The monoisotopic (exact) mass is 445 g/mol. The number of carbonyl (C=O) groups is 1. The summed E-state index contributed by atoms with van der Waals surface area (Å²) in [4.78, 5) is 22.5. The van der Waals surface area contributed by atoms with E-state index < -0.39 is 5.82 Å². The molecule has 33 heavy (non-hydrogen) atoms. The predicted octanol–water partition coefficient (Wildman–Crippen LogP) is 4.47. The van der Waals surface area contributed by atoms with Gasteiger partial charge in [-0.1, -0.05) is 0 Å². The molecule has 3 aliphatic heterocycles. The van der Waals surface area contributed by atoms with Crippen molar-refractivity contribution in [3.8, 4) is 0 Å². The van der Waals surface area contributed by atoms with Crippen LogP contribution in [0.3, 0.4) is 0 Å². The van der Waals surface area contributed by atoms with Crippen LogP contribution < -0.4 is 10.2 Å². The van der Waals surface area contributed by atoms with Crippen molar-refractivity contribution < 1.29 is 13.6 Å². The lowest BCUT2D eigenvalue weighted by Gasteiger charge is -2.45. The molecule has 6 heterocycles. The van der Waals surface area contributed by atoms with Crippen molar-refractivity contribution in [3.63, 3.8) is 0 Å². The second kappa shape index (κ2) is 6.57. The molecule has 1 unspecified atom stereocenters. The molecule has 1 aromatic carbocycles. The van der Waals surface area contributed by atoms with E-state index in [-0.39, 0.29) is 11.6 Å². The van der Waals surface area contributed by atoms with Gasteiger partial charge in [0.15, 0.2) is 11.5 Å². The van der Waals surface area contributed by atoms with Gasteiger partial charge in [-0.3, -0.25) is 9.69 Å². The van der Waals surface area contributed by atoms with Crippen LogP contribution in [0.15, 0.2) is 41.1 Å². The number of nitrogens with zero attached hydrogens (tertiary/aromatic N) is 4. The van der Waals surface area contributed by atoms with Gasteiger partial charge in [-0.2, -0.15) is 0 Å². The fourth-order valence-electron chi connectivity index (χ4n) is 6.12. The summed E-state index contributed by atoms with van der Waals surface area (Å²) in [6, 6.07) is 8.55. The third-order valence-corrected chi connectivity index (χ3v) is 7.49. The molecule has 1 N–H and O–H groups in total. The Morgan fingerprint density at radius 1 is 1.18 bits per heavy atom. The number of halogens is 1. The molecule has 0 aliphatic carbocycles. The highest BCUT2D eigenvalue weighted by molar-refractivity contribution is 6.13. The Kier molecular flexibility index (Phi) is 3.81.